The molecule has 4 rings (SSSR count). The van der Waals surface area contributed by atoms with Gasteiger partial charge in [-0.1, -0.05) is 16.8 Å². The number of hydrogen-bond donors (Lipinski definition) is 0. The summed E-state index contributed by atoms with van der Waals surface area (Å²) in [5.41, 5.74) is 0.859. The molecule has 0 saturated carbocycles. The first-order valence-electron chi connectivity index (χ1n) is 8.99. The van der Waals surface area contributed by atoms with Crippen LogP contribution in [0.25, 0.3) is 17.5 Å². The normalized spacial score (nSPS) is 15.4. The third-order valence-corrected chi connectivity index (χ3v) is 4.80. The molecule has 1 aliphatic heterocycles. The van der Waals surface area contributed by atoms with Crippen molar-refractivity contribution in [2.24, 2.45) is 0 Å². The highest BCUT2D eigenvalue weighted by Crippen LogP contribution is 2.19. The summed E-state index contributed by atoms with van der Waals surface area (Å²) in [7, 11) is 0. The summed E-state index contributed by atoms with van der Waals surface area (Å²) in [5.74, 6) is 1.75. The summed E-state index contributed by atoms with van der Waals surface area (Å²) in [6, 6.07) is 10.9. The minimum absolute atomic E-state index is 0.0149. The lowest BCUT2D eigenvalue weighted by Gasteiger charge is -2.33. The fraction of sp³-hybridized carbons (Fsp3) is 0.250. The number of carbonyl (C=O) groups excluding carboxylic acids is 1. The number of halogens is 1. The van der Waals surface area contributed by atoms with Gasteiger partial charge in [-0.2, -0.15) is 4.98 Å². The number of aromatic nitrogens is 2. The van der Waals surface area contributed by atoms with Crippen molar-refractivity contribution in [3.63, 3.8) is 0 Å². The van der Waals surface area contributed by atoms with Gasteiger partial charge in [0.15, 0.2) is 0 Å². The molecule has 0 spiro atoms. The monoisotopic (exact) mass is 398 g/mol. The Balaban J connectivity index is 1.29. The fourth-order valence-electron chi connectivity index (χ4n) is 3.00. The maximum atomic E-state index is 12.3. The first kappa shape index (κ1) is 18.5. The zero-order valence-electron chi connectivity index (χ0n) is 15.1. The minimum atomic E-state index is -0.0149. The predicted molar refractivity (Wildman–Crippen MR) is 104 cm³/mol. The van der Waals surface area contributed by atoms with Crippen LogP contribution in [0.5, 0.6) is 0 Å². The third-order valence-electron chi connectivity index (χ3n) is 4.55. The van der Waals surface area contributed by atoms with Crippen LogP contribution in [-0.2, 0) is 11.3 Å². The van der Waals surface area contributed by atoms with E-state index in [0.717, 1.165) is 18.7 Å². The fourth-order valence-corrected chi connectivity index (χ4v) is 3.12. The highest BCUT2D eigenvalue weighted by Gasteiger charge is 2.21. The highest BCUT2D eigenvalue weighted by molar-refractivity contribution is 6.30. The van der Waals surface area contributed by atoms with E-state index in [1.54, 1.807) is 36.6 Å². The number of amides is 1. The van der Waals surface area contributed by atoms with Gasteiger partial charge in [-0.25, -0.2) is 0 Å². The van der Waals surface area contributed by atoms with E-state index < -0.39 is 0 Å². The summed E-state index contributed by atoms with van der Waals surface area (Å²) in [6.45, 7) is 3.36. The summed E-state index contributed by atoms with van der Waals surface area (Å²) in [6.07, 6.45) is 4.81. The van der Waals surface area contributed by atoms with Gasteiger partial charge < -0.3 is 13.8 Å². The first-order valence-corrected chi connectivity index (χ1v) is 9.36. The van der Waals surface area contributed by atoms with Crippen LogP contribution < -0.4 is 0 Å². The van der Waals surface area contributed by atoms with Gasteiger partial charge in [0.2, 0.25) is 17.6 Å². The topological polar surface area (TPSA) is 75.6 Å². The van der Waals surface area contributed by atoms with E-state index in [2.05, 4.69) is 15.0 Å². The third kappa shape index (κ3) is 4.49. The Bertz CT molecular complexity index is 942. The molecule has 3 heterocycles. The van der Waals surface area contributed by atoms with Crippen LogP contribution in [0.15, 0.2) is 57.7 Å². The first-order chi connectivity index (χ1) is 13.7. The van der Waals surface area contributed by atoms with Crippen molar-refractivity contribution in [1.82, 2.24) is 19.9 Å². The Morgan fingerprint density at radius 3 is 2.64 bits per heavy atom. The molecule has 0 bridgehead atoms. The summed E-state index contributed by atoms with van der Waals surface area (Å²) in [5, 5.41) is 4.70. The van der Waals surface area contributed by atoms with Gasteiger partial charge in [0.1, 0.15) is 5.76 Å². The van der Waals surface area contributed by atoms with E-state index in [4.69, 9.17) is 20.5 Å². The predicted octanol–water partition coefficient (Wildman–Crippen LogP) is 3.34. The molecule has 8 heteroatoms. The van der Waals surface area contributed by atoms with Crippen molar-refractivity contribution >= 4 is 23.6 Å². The van der Waals surface area contributed by atoms with Gasteiger partial charge in [0.05, 0.1) is 12.8 Å². The molecule has 1 aromatic carbocycles. The van der Waals surface area contributed by atoms with Crippen LogP contribution in [0.1, 0.15) is 11.7 Å². The number of carbonyl (C=O) groups is 1. The van der Waals surface area contributed by atoms with Crippen molar-refractivity contribution in [3.8, 4) is 11.4 Å². The van der Waals surface area contributed by atoms with Gasteiger partial charge in [0.25, 0.3) is 0 Å². The number of furan rings is 1. The van der Waals surface area contributed by atoms with Crippen LogP contribution in [-0.4, -0.2) is 52.0 Å². The minimum Gasteiger partial charge on any atom is -0.465 e. The Hall–Kier alpha value is -2.90. The standard InChI is InChI=1S/C20H19ClN4O3/c21-16-5-3-15(4-6-16)20-22-18(28-23-20)14-24-9-11-25(12-10-24)19(26)8-7-17-2-1-13-27-17/h1-8,13H,9-12,14H2/b8-7+. The highest BCUT2D eigenvalue weighted by atomic mass is 35.5. The molecule has 7 nitrogen and oxygen atoms in total. The quantitative estimate of drug-likeness (QED) is 0.613. The Kier molecular flexibility index (Phi) is 5.55. The van der Waals surface area contributed by atoms with E-state index in [1.165, 1.54) is 0 Å². The van der Waals surface area contributed by atoms with Crippen LogP contribution in [0.2, 0.25) is 5.02 Å². The average Bonchev–Trinajstić information content (AvgIpc) is 3.39. The summed E-state index contributed by atoms with van der Waals surface area (Å²) < 4.78 is 10.6. The van der Waals surface area contributed by atoms with E-state index in [9.17, 15) is 4.79 Å². The molecular weight excluding hydrogens is 380 g/mol. The summed E-state index contributed by atoms with van der Waals surface area (Å²) in [4.78, 5) is 20.7. The van der Waals surface area contributed by atoms with Crippen molar-refractivity contribution in [3.05, 3.63) is 65.4 Å². The molecule has 0 N–H and O–H groups in total. The molecule has 0 unspecified atom stereocenters. The van der Waals surface area contributed by atoms with E-state index in [0.29, 0.717) is 42.1 Å². The lowest BCUT2D eigenvalue weighted by molar-refractivity contribution is -0.127. The zero-order valence-corrected chi connectivity index (χ0v) is 15.9. The van der Waals surface area contributed by atoms with Gasteiger partial charge in [-0.3, -0.25) is 9.69 Å². The number of hydrogen-bond acceptors (Lipinski definition) is 6. The molecule has 1 aliphatic rings. The largest absolute Gasteiger partial charge is 0.465 e. The summed E-state index contributed by atoms with van der Waals surface area (Å²) >= 11 is 5.91. The number of nitrogens with zero attached hydrogens (tertiary/aromatic N) is 4. The van der Waals surface area contributed by atoms with Crippen molar-refractivity contribution in [2.45, 2.75) is 6.54 Å². The SMILES string of the molecule is O=C(/C=C/c1ccco1)N1CCN(Cc2nc(-c3ccc(Cl)cc3)no2)CC1. The average molecular weight is 399 g/mol. The number of benzene rings is 1. The van der Waals surface area contributed by atoms with Gasteiger partial charge in [-0.15, -0.1) is 0 Å². The van der Waals surface area contributed by atoms with Crippen molar-refractivity contribution in [1.29, 1.82) is 0 Å². The second-order valence-corrected chi connectivity index (χ2v) is 6.91. The molecule has 144 valence electrons. The molecule has 0 aliphatic carbocycles. The van der Waals surface area contributed by atoms with E-state index in [1.807, 2.05) is 23.1 Å². The molecule has 0 atom stereocenters. The Morgan fingerprint density at radius 2 is 1.93 bits per heavy atom. The molecule has 3 aromatic rings. The number of rotatable bonds is 5. The van der Waals surface area contributed by atoms with E-state index in [-0.39, 0.29) is 5.91 Å². The second-order valence-electron chi connectivity index (χ2n) is 6.47. The molecule has 1 saturated heterocycles. The molecule has 1 fully saturated rings. The Morgan fingerprint density at radius 1 is 1.14 bits per heavy atom. The maximum absolute atomic E-state index is 12.3. The molecule has 28 heavy (non-hydrogen) atoms. The lowest BCUT2D eigenvalue weighted by atomic mass is 10.2. The van der Waals surface area contributed by atoms with Crippen LogP contribution in [0.4, 0.5) is 0 Å². The molecular formula is C20H19ClN4O3. The number of piperazine rings is 1. The van der Waals surface area contributed by atoms with Crippen molar-refractivity contribution in [2.75, 3.05) is 26.2 Å². The van der Waals surface area contributed by atoms with Gasteiger partial charge in [0, 0.05) is 42.8 Å². The second kappa shape index (κ2) is 8.41. The Labute approximate surface area is 167 Å². The van der Waals surface area contributed by atoms with Gasteiger partial charge >= 0.3 is 0 Å². The van der Waals surface area contributed by atoms with E-state index >= 15 is 0 Å². The molecule has 2 aromatic heterocycles. The van der Waals surface area contributed by atoms with Crippen LogP contribution in [0, 0.1) is 0 Å². The van der Waals surface area contributed by atoms with Crippen molar-refractivity contribution < 1.29 is 13.7 Å². The smallest absolute Gasteiger partial charge is 0.246 e. The van der Waals surface area contributed by atoms with Crippen LogP contribution in [0.3, 0.4) is 0 Å². The maximum Gasteiger partial charge on any atom is 0.246 e. The lowest BCUT2D eigenvalue weighted by Crippen LogP contribution is -2.47. The van der Waals surface area contributed by atoms with Gasteiger partial charge in [-0.05, 0) is 42.5 Å². The zero-order chi connectivity index (χ0) is 19.3. The molecule has 0 radical (unpaired) electrons. The molecule has 1 amide bonds. The van der Waals surface area contributed by atoms with Crippen LogP contribution >= 0.6 is 11.6 Å².